The maximum absolute atomic E-state index is 10.0. The SMILES string of the molecule is C=CCNC(C)=O. The third kappa shape index (κ3) is 5.21. The lowest BCUT2D eigenvalue weighted by molar-refractivity contribution is -0.118. The molecule has 0 heterocycles. The van der Waals surface area contributed by atoms with E-state index in [-0.39, 0.29) is 5.91 Å². The van der Waals surface area contributed by atoms with Crippen LogP contribution in [0.15, 0.2) is 12.7 Å². The third-order valence-corrected chi connectivity index (χ3v) is 0.495. The van der Waals surface area contributed by atoms with E-state index in [0.717, 1.165) is 0 Å². The van der Waals surface area contributed by atoms with Crippen molar-refractivity contribution in [3.05, 3.63) is 12.7 Å². The predicted octanol–water partition coefficient (Wildman–Crippen LogP) is 0.309. The number of rotatable bonds is 2. The van der Waals surface area contributed by atoms with Crippen molar-refractivity contribution in [3.8, 4) is 0 Å². The molecule has 0 aliphatic carbocycles. The van der Waals surface area contributed by atoms with Crippen molar-refractivity contribution in [1.82, 2.24) is 5.32 Å². The van der Waals surface area contributed by atoms with Crippen molar-refractivity contribution in [1.29, 1.82) is 0 Å². The average molecular weight is 99.1 g/mol. The Balaban J connectivity index is 2.97. The molecule has 0 aliphatic heterocycles. The summed E-state index contributed by atoms with van der Waals surface area (Å²) >= 11 is 0. The minimum Gasteiger partial charge on any atom is -0.353 e. The van der Waals surface area contributed by atoms with E-state index in [9.17, 15) is 4.79 Å². The van der Waals surface area contributed by atoms with Gasteiger partial charge in [-0.2, -0.15) is 0 Å². The summed E-state index contributed by atoms with van der Waals surface area (Å²) in [5.74, 6) is -0.0140. The van der Waals surface area contributed by atoms with E-state index < -0.39 is 0 Å². The second-order valence-corrected chi connectivity index (χ2v) is 1.23. The van der Waals surface area contributed by atoms with E-state index in [1.54, 1.807) is 6.08 Å². The van der Waals surface area contributed by atoms with Gasteiger partial charge in [0.1, 0.15) is 0 Å². The molecule has 0 aliphatic rings. The summed E-state index contributed by atoms with van der Waals surface area (Å²) < 4.78 is 0. The van der Waals surface area contributed by atoms with Gasteiger partial charge < -0.3 is 5.32 Å². The van der Waals surface area contributed by atoms with Crippen LogP contribution in [0.3, 0.4) is 0 Å². The number of carbonyl (C=O) groups is 1. The molecule has 0 bridgehead atoms. The van der Waals surface area contributed by atoms with Crippen LogP contribution >= 0.6 is 0 Å². The molecular weight excluding hydrogens is 90.1 g/mol. The minimum atomic E-state index is -0.0140. The summed E-state index contributed by atoms with van der Waals surface area (Å²) in [6, 6.07) is 0. The topological polar surface area (TPSA) is 29.1 Å². The van der Waals surface area contributed by atoms with Crippen molar-refractivity contribution < 1.29 is 4.79 Å². The zero-order valence-electron chi connectivity index (χ0n) is 4.40. The molecule has 0 aromatic rings. The van der Waals surface area contributed by atoms with Gasteiger partial charge in [-0.05, 0) is 0 Å². The molecule has 0 aromatic carbocycles. The van der Waals surface area contributed by atoms with Crippen LogP contribution in [0.1, 0.15) is 6.92 Å². The molecule has 0 radical (unpaired) electrons. The Bertz CT molecular complexity index is 78.1. The maximum atomic E-state index is 10.0. The highest BCUT2D eigenvalue weighted by Gasteiger charge is 1.80. The van der Waals surface area contributed by atoms with E-state index in [1.165, 1.54) is 6.92 Å². The Labute approximate surface area is 43.2 Å². The number of nitrogens with one attached hydrogen (secondary N) is 1. The lowest BCUT2D eigenvalue weighted by atomic mass is 10.6. The van der Waals surface area contributed by atoms with Gasteiger partial charge in [0.2, 0.25) is 5.91 Å². The van der Waals surface area contributed by atoms with E-state index in [4.69, 9.17) is 0 Å². The summed E-state index contributed by atoms with van der Waals surface area (Å²) in [6.07, 6.45) is 1.64. The Kier molecular flexibility index (Phi) is 3.02. The lowest BCUT2D eigenvalue weighted by Gasteiger charge is -1.90. The Morgan fingerprint density at radius 2 is 2.57 bits per heavy atom. The van der Waals surface area contributed by atoms with Crippen LogP contribution in [-0.4, -0.2) is 12.5 Å². The Morgan fingerprint density at radius 1 is 2.00 bits per heavy atom. The summed E-state index contributed by atoms with van der Waals surface area (Å²) in [5.41, 5.74) is 0. The summed E-state index contributed by atoms with van der Waals surface area (Å²) in [6.45, 7) is 5.46. The molecule has 0 atom stereocenters. The number of hydrogen-bond acceptors (Lipinski definition) is 1. The fourth-order valence-electron chi connectivity index (χ4n) is 0.216. The number of hydrogen-bond donors (Lipinski definition) is 1. The molecule has 7 heavy (non-hydrogen) atoms. The van der Waals surface area contributed by atoms with Crippen molar-refractivity contribution in [2.75, 3.05) is 6.54 Å². The lowest BCUT2D eigenvalue weighted by Crippen LogP contribution is -2.18. The Morgan fingerprint density at radius 3 is 2.71 bits per heavy atom. The number of amides is 1. The van der Waals surface area contributed by atoms with Crippen molar-refractivity contribution >= 4 is 5.91 Å². The van der Waals surface area contributed by atoms with Gasteiger partial charge in [-0.25, -0.2) is 0 Å². The molecule has 0 rings (SSSR count). The molecule has 0 aromatic heterocycles. The van der Waals surface area contributed by atoms with Gasteiger partial charge in [-0.15, -0.1) is 6.58 Å². The van der Waals surface area contributed by atoms with Crippen molar-refractivity contribution in [3.63, 3.8) is 0 Å². The van der Waals surface area contributed by atoms with E-state index in [0.29, 0.717) is 6.54 Å². The normalized spacial score (nSPS) is 7.57. The van der Waals surface area contributed by atoms with Gasteiger partial charge >= 0.3 is 0 Å². The van der Waals surface area contributed by atoms with Gasteiger partial charge in [0.15, 0.2) is 0 Å². The van der Waals surface area contributed by atoms with Gasteiger partial charge in [0.25, 0.3) is 0 Å². The molecular formula is C5H9NO. The first-order valence-electron chi connectivity index (χ1n) is 2.12. The Hall–Kier alpha value is -0.790. The van der Waals surface area contributed by atoms with Gasteiger partial charge in [0.05, 0.1) is 0 Å². The molecule has 0 saturated heterocycles. The zero-order valence-corrected chi connectivity index (χ0v) is 4.40. The molecule has 0 spiro atoms. The first-order chi connectivity index (χ1) is 3.27. The molecule has 0 fully saturated rings. The summed E-state index contributed by atoms with van der Waals surface area (Å²) in [7, 11) is 0. The van der Waals surface area contributed by atoms with Crippen LogP contribution in [-0.2, 0) is 4.79 Å². The molecule has 40 valence electrons. The standard InChI is InChI=1S/C5H9NO/c1-3-4-6-5(2)7/h3H,1,4H2,2H3,(H,6,7). The molecule has 2 nitrogen and oxygen atoms in total. The monoisotopic (exact) mass is 99.1 g/mol. The predicted molar refractivity (Wildman–Crippen MR) is 28.9 cm³/mol. The van der Waals surface area contributed by atoms with Crippen LogP contribution in [0.2, 0.25) is 0 Å². The fraction of sp³-hybridized carbons (Fsp3) is 0.400. The van der Waals surface area contributed by atoms with Crippen LogP contribution in [0, 0.1) is 0 Å². The second kappa shape index (κ2) is 3.40. The number of carbonyl (C=O) groups excluding carboxylic acids is 1. The summed E-state index contributed by atoms with van der Waals surface area (Å²) in [4.78, 5) is 10.0. The van der Waals surface area contributed by atoms with E-state index in [1.807, 2.05) is 0 Å². The maximum Gasteiger partial charge on any atom is 0.217 e. The quantitative estimate of drug-likeness (QED) is 0.496. The first-order valence-corrected chi connectivity index (χ1v) is 2.12. The molecule has 1 amide bonds. The first kappa shape index (κ1) is 6.21. The summed E-state index contributed by atoms with van der Waals surface area (Å²) in [5, 5.41) is 2.54. The molecule has 2 heteroatoms. The molecule has 1 N–H and O–H groups in total. The smallest absolute Gasteiger partial charge is 0.217 e. The second-order valence-electron chi connectivity index (χ2n) is 1.23. The van der Waals surface area contributed by atoms with Crippen LogP contribution < -0.4 is 5.32 Å². The van der Waals surface area contributed by atoms with Gasteiger partial charge in [0, 0.05) is 13.5 Å². The average Bonchev–Trinajstić information content (AvgIpc) is 1.61. The largest absolute Gasteiger partial charge is 0.353 e. The van der Waals surface area contributed by atoms with Gasteiger partial charge in [-0.1, -0.05) is 6.08 Å². The van der Waals surface area contributed by atoms with Gasteiger partial charge in [-0.3, -0.25) is 4.79 Å². The van der Waals surface area contributed by atoms with E-state index in [2.05, 4.69) is 11.9 Å². The van der Waals surface area contributed by atoms with Crippen LogP contribution in [0.5, 0.6) is 0 Å². The van der Waals surface area contributed by atoms with Crippen LogP contribution in [0.25, 0.3) is 0 Å². The molecule has 0 saturated carbocycles. The van der Waals surface area contributed by atoms with E-state index >= 15 is 0 Å². The molecule has 0 unspecified atom stereocenters. The third-order valence-electron chi connectivity index (χ3n) is 0.495. The highest BCUT2D eigenvalue weighted by atomic mass is 16.1. The highest BCUT2D eigenvalue weighted by Crippen LogP contribution is 1.59. The van der Waals surface area contributed by atoms with Crippen LogP contribution in [0.4, 0.5) is 0 Å². The highest BCUT2D eigenvalue weighted by molar-refractivity contribution is 5.72. The van der Waals surface area contributed by atoms with Crippen molar-refractivity contribution in [2.24, 2.45) is 0 Å². The fourth-order valence-corrected chi connectivity index (χ4v) is 0.216. The van der Waals surface area contributed by atoms with Crippen molar-refractivity contribution in [2.45, 2.75) is 6.92 Å². The zero-order chi connectivity index (χ0) is 5.70. The minimum absolute atomic E-state index is 0.0140.